The minimum absolute atomic E-state index is 0.127. The first kappa shape index (κ1) is 31.0. The zero-order valence-corrected chi connectivity index (χ0v) is 26.6. The molecule has 1 aromatic heterocycles. The molecule has 1 saturated heterocycles. The van der Waals surface area contributed by atoms with Crippen LogP contribution < -0.4 is 20.7 Å². The fraction of sp³-hybridized carbons (Fsp3) is 0.433. The van der Waals surface area contributed by atoms with Gasteiger partial charge in [-0.15, -0.1) is 0 Å². The molecule has 3 N–H and O–H groups in total. The Morgan fingerprint density at radius 1 is 1.19 bits per heavy atom. The predicted molar refractivity (Wildman–Crippen MR) is 169 cm³/mol. The molecule has 0 radical (unpaired) electrons. The standard InChI is InChI=1S/C30H38ClN7O4S/c1-18-14-24(26(42-4)16-22(18)29(39)33-20-10-12-37(2)13-11-20)35-30-32-17-23(31)28(36-30)34-25-15-19-8-6-7-9-21(19)27(25)38(3)43(5,40)41/h6-9,14,16-17,20,25,27H,10-13,15H2,1-5H3,(H,33,39)(H2,32,34,35,36)/t25?,27-/m1/s1. The summed E-state index contributed by atoms with van der Waals surface area (Å²) in [5, 5.41) is 10.0. The fourth-order valence-electron chi connectivity index (χ4n) is 5.80. The molecule has 1 aliphatic heterocycles. The van der Waals surface area contributed by atoms with Crippen LogP contribution in [0.4, 0.5) is 17.5 Å². The highest BCUT2D eigenvalue weighted by Gasteiger charge is 2.39. The van der Waals surface area contributed by atoms with E-state index in [1.165, 1.54) is 16.8 Å². The minimum atomic E-state index is -3.47. The molecule has 230 valence electrons. The fourth-order valence-corrected chi connectivity index (χ4v) is 6.62. The van der Waals surface area contributed by atoms with Gasteiger partial charge in [0.2, 0.25) is 16.0 Å². The van der Waals surface area contributed by atoms with Crippen molar-refractivity contribution in [1.82, 2.24) is 24.5 Å². The molecule has 0 spiro atoms. The van der Waals surface area contributed by atoms with Crippen molar-refractivity contribution in [1.29, 1.82) is 0 Å². The summed E-state index contributed by atoms with van der Waals surface area (Å²) in [6.45, 7) is 3.79. The molecule has 2 aliphatic rings. The van der Waals surface area contributed by atoms with Gasteiger partial charge in [-0.2, -0.15) is 9.29 Å². The Kier molecular flexibility index (Phi) is 9.12. The highest BCUT2D eigenvalue weighted by Crippen LogP contribution is 2.39. The molecule has 1 fully saturated rings. The number of likely N-dealkylation sites (tertiary alicyclic amines) is 1. The molecular weight excluding hydrogens is 590 g/mol. The number of halogens is 1. The third kappa shape index (κ3) is 6.87. The second-order valence-corrected chi connectivity index (χ2v) is 13.8. The van der Waals surface area contributed by atoms with E-state index in [0.29, 0.717) is 34.3 Å². The summed E-state index contributed by atoms with van der Waals surface area (Å²) in [6, 6.07) is 10.7. The zero-order valence-electron chi connectivity index (χ0n) is 25.0. The predicted octanol–water partition coefficient (Wildman–Crippen LogP) is 3.98. The van der Waals surface area contributed by atoms with Gasteiger partial charge in [-0.05, 0) is 75.1 Å². The lowest BCUT2D eigenvalue weighted by Crippen LogP contribution is -2.43. The van der Waals surface area contributed by atoms with Crippen molar-refractivity contribution in [3.8, 4) is 5.75 Å². The van der Waals surface area contributed by atoms with Gasteiger partial charge < -0.3 is 25.6 Å². The van der Waals surface area contributed by atoms with E-state index in [-0.39, 0.29) is 23.9 Å². The van der Waals surface area contributed by atoms with Gasteiger partial charge in [-0.25, -0.2) is 13.4 Å². The Bertz CT molecular complexity index is 1610. The second-order valence-electron chi connectivity index (χ2n) is 11.3. The number of fused-ring (bicyclic) bond motifs is 1. The third-order valence-corrected chi connectivity index (χ3v) is 9.82. The monoisotopic (exact) mass is 627 g/mol. The van der Waals surface area contributed by atoms with E-state index < -0.39 is 16.1 Å². The van der Waals surface area contributed by atoms with Gasteiger partial charge in [0, 0.05) is 18.7 Å². The number of sulfonamides is 1. The number of benzene rings is 2. The number of nitrogens with one attached hydrogen (secondary N) is 3. The summed E-state index contributed by atoms with van der Waals surface area (Å²) in [6.07, 6.45) is 5.11. The topological polar surface area (TPSA) is 129 Å². The number of nitrogens with zero attached hydrogens (tertiary/aromatic N) is 4. The molecule has 1 aliphatic carbocycles. The Labute approximate surface area is 258 Å². The number of ether oxygens (including phenoxy) is 1. The number of anilines is 3. The van der Waals surface area contributed by atoms with Gasteiger partial charge in [0.1, 0.15) is 10.8 Å². The average molecular weight is 628 g/mol. The lowest BCUT2D eigenvalue weighted by atomic mass is 10.0. The number of aryl methyl sites for hydroxylation is 1. The summed E-state index contributed by atoms with van der Waals surface area (Å²) in [4.78, 5) is 24.4. The van der Waals surface area contributed by atoms with E-state index in [4.69, 9.17) is 16.3 Å². The molecule has 1 amide bonds. The van der Waals surface area contributed by atoms with Crippen LogP contribution >= 0.6 is 11.6 Å². The molecule has 0 bridgehead atoms. The lowest BCUT2D eigenvalue weighted by molar-refractivity contribution is 0.0916. The van der Waals surface area contributed by atoms with Crippen LogP contribution in [0.2, 0.25) is 5.02 Å². The van der Waals surface area contributed by atoms with Crippen LogP contribution in [0.25, 0.3) is 0 Å². The number of methoxy groups -OCH3 is 1. The first-order valence-electron chi connectivity index (χ1n) is 14.2. The molecule has 1 unspecified atom stereocenters. The summed E-state index contributed by atoms with van der Waals surface area (Å²) in [5.41, 5.74) is 3.91. The molecule has 2 aromatic carbocycles. The van der Waals surface area contributed by atoms with Crippen molar-refractivity contribution in [3.05, 3.63) is 69.9 Å². The van der Waals surface area contributed by atoms with Crippen LogP contribution in [-0.4, -0.2) is 86.1 Å². The van der Waals surface area contributed by atoms with Gasteiger partial charge in [-0.3, -0.25) is 4.79 Å². The second kappa shape index (κ2) is 12.7. The number of likely N-dealkylation sites (N-methyl/N-ethyl adjacent to an activating group) is 1. The minimum Gasteiger partial charge on any atom is -0.495 e. The smallest absolute Gasteiger partial charge is 0.251 e. The Hall–Kier alpha value is -3.45. The van der Waals surface area contributed by atoms with Crippen molar-refractivity contribution < 1.29 is 17.9 Å². The number of piperidine rings is 1. The van der Waals surface area contributed by atoms with Gasteiger partial charge >= 0.3 is 0 Å². The van der Waals surface area contributed by atoms with Crippen molar-refractivity contribution in [2.24, 2.45) is 0 Å². The number of hydrogen-bond acceptors (Lipinski definition) is 9. The van der Waals surface area contributed by atoms with Crippen molar-refractivity contribution in [2.45, 2.75) is 44.3 Å². The van der Waals surface area contributed by atoms with Crippen LogP contribution in [0, 0.1) is 6.92 Å². The van der Waals surface area contributed by atoms with Gasteiger partial charge in [0.15, 0.2) is 5.82 Å². The largest absolute Gasteiger partial charge is 0.495 e. The van der Waals surface area contributed by atoms with Crippen LogP contribution in [0.5, 0.6) is 5.75 Å². The summed E-state index contributed by atoms with van der Waals surface area (Å²) in [5.74, 6) is 0.968. The third-order valence-electron chi connectivity index (χ3n) is 8.27. The Morgan fingerprint density at radius 3 is 2.60 bits per heavy atom. The van der Waals surface area contributed by atoms with Crippen LogP contribution in [0.1, 0.15) is 45.9 Å². The van der Waals surface area contributed by atoms with E-state index in [2.05, 4.69) is 37.9 Å². The molecule has 13 heteroatoms. The number of hydrogen-bond donors (Lipinski definition) is 3. The Balaban J connectivity index is 1.36. The maximum atomic E-state index is 13.1. The van der Waals surface area contributed by atoms with Crippen molar-refractivity contribution in [2.75, 3.05) is 51.2 Å². The molecule has 11 nitrogen and oxygen atoms in total. The van der Waals surface area contributed by atoms with Gasteiger partial charge in [0.25, 0.3) is 5.91 Å². The van der Waals surface area contributed by atoms with Crippen molar-refractivity contribution >= 4 is 45.0 Å². The molecule has 0 saturated carbocycles. The van der Waals surface area contributed by atoms with E-state index in [9.17, 15) is 13.2 Å². The SMILES string of the molecule is COc1cc(C(=O)NC2CCN(C)CC2)c(C)cc1Nc1ncc(Cl)c(NC2Cc3ccccc3[C@H]2N(C)S(C)(=O)=O)n1. The van der Waals surface area contributed by atoms with Gasteiger partial charge in [0.05, 0.1) is 37.3 Å². The molecule has 3 aromatic rings. The molecule has 5 rings (SSSR count). The maximum Gasteiger partial charge on any atom is 0.251 e. The maximum absolute atomic E-state index is 13.1. The van der Waals surface area contributed by atoms with Crippen LogP contribution in [0.3, 0.4) is 0 Å². The molecule has 2 atom stereocenters. The normalized spacial score (nSPS) is 19.2. The highest BCUT2D eigenvalue weighted by molar-refractivity contribution is 7.88. The van der Waals surface area contributed by atoms with E-state index >= 15 is 0 Å². The van der Waals surface area contributed by atoms with Crippen LogP contribution in [-0.2, 0) is 16.4 Å². The number of carbonyl (C=O) groups excluding carboxylic acids is 1. The zero-order chi connectivity index (χ0) is 30.9. The van der Waals surface area contributed by atoms with E-state index in [0.717, 1.165) is 42.6 Å². The molecular formula is C30H38ClN7O4S. The average Bonchev–Trinajstić information content (AvgIpc) is 3.32. The highest BCUT2D eigenvalue weighted by atomic mass is 35.5. The Morgan fingerprint density at radius 2 is 1.91 bits per heavy atom. The van der Waals surface area contributed by atoms with E-state index in [1.54, 1.807) is 20.2 Å². The van der Waals surface area contributed by atoms with Crippen molar-refractivity contribution in [3.63, 3.8) is 0 Å². The summed E-state index contributed by atoms with van der Waals surface area (Å²) >= 11 is 6.51. The van der Waals surface area contributed by atoms with Crippen LogP contribution in [0.15, 0.2) is 42.6 Å². The lowest BCUT2D eigenvalue weighted by Gasteiger charge is -2.29. The first-order chi connectivity index (χ1) is 20.4. The number of carbonyl (C=O) groups is 1. The van der Waals surface area contributed by atoms with E-state index in [1.807, 2.05) is 37.3 Å². The number of aromatic nitrogens is 2. The first-order valence-corrected chi connectivity index (χ1v) is 16.4. The van der Waals surface area contributed by atoms with Gasteiger partial charge in [-0.1, -0.05) is 35.9 Å². The quantitative estimate of drug-likeness (QED) is 0.323. The molecule has 43 heavy (non-hydrogen) atoms. The molecule has 2 heterocycles. The summed E-state index contributed by atoms with van der Waals surface area (Å²) in [7, 11) is 1.74. The summed E-state index contributed by atoms with van der Waals surface area (Å²) < 4.78 is 32.0. The number of amides is 1. The number of rotatable bonds is 9.